The summed E-state index contributed by atoms with van der Waals surface area (Å²) in [5, 5.41) is 1.62. The minimum absolute atomic E-state index is 0.657. The van der Waals surface area contributed by atoms with Crippen LogP contribution in [0.2, 0.25) is 0 Å². The van der Waals surface area contributed by atoms with Gasteiger partial charge in [0.05, 0.1) is 0 Å². The lowest BCUT2D eigenvalue weighted by Crippen LogP contribution is -2.26. The second-order valence-electron chi connectivity index (χ2n) is 2.00. The summed E-state index contributed by atoms with van der Waals surface area (Å²) in [5.41, 5.74) is 10.1. The van der Waals surface area contributed by atoms with E-state index in [-0.39, 0.29) is 0 Å². The standard InChI is InChI=1S/C6H8N2O2S/c7-5(9)11(6(8)10)3-1-2-4-11/h1-4H,(H2,7,9)(H2,8,10). The van der Waals surface area contributed by atoms with Crippen molar-refractivity contribution in [2.24, 2.45) is 11.5 Å². The van der Waals surface area contributed by atoms with E-state index in [0.717, 1.165) is 0 Å². The fourth-order valence-electron chi connectivity index (χ4n) is 0.751. The monoisotopic (exact) mass is 172 g/mol. The zero-order chi connectivity index (χ0) is 8.48. The van der Waals surface area contributed by atoms with Gasteiger partial charge in [0.25, 0.3) is 10.5 Å². The number of amides is 2. The molecule has 0 atom stereocenters. The van der Waals surface area contributed by atoms with Crippen molar-refractivity contribution in [1.82, 2.24) is 0 Å². The van der Waals surface area contributed by atoms with Crippen molar-refractivity contribution in [3.63, 3.8) is 0 Å². The SMILES string of the molecule is NC(=O)S1(C(N)=O)C=CC=C1. The van der Waals surface area contributed by atoms with E-state index in [9.17, 15) is 9.59 Å². The summed E-state index contributed by atoms with van der Waals surface area (Å²) < 4.78 is 0. The van der Waals surface area contributed by atoms with Crippen LogP contribution in [0.1, 0.15) is 0 Å². The Bertz CT molecular complexity index is 242. The van der Waals surface area contributed by atoms with Gasteiger partial charge in [-0.05, 0) is 20.8 Å². The molecular weight excluding hydrogens is 164 g/mol. The molecule has 1 aliphatic rings. The fourth-order valence-corrected chi connectivity index (χ4v) is 2.25. The molecule has 4 N–H and O–H groups in total. The van der Waals surface area contributed by atoms with Gasteiger partial charge in [0, 0.05) is 0 Å². The van der Waals surface area contributed by atoms with Crippen molar-refractivity contribution in [3.05, 3.63) is 23.0 Å². The molecule has 0 aromatic heterocycles. The second-order valence-corrected chi connectivity index (χ2v) is 4.77. The van der Waals surface area contributed by atoms with Gasteiger partial charge >= 0.3 is 0 Å². The summed E-state index contributed by atoms with van der Waals surface area (Å²) in [5.74, 6) is 0. The number of rotatable bonds is 0. The molecule has 2 amide bonds. The smallest absolute Gasteiger partial charge is 0.274 e. The molecule has 0 aromatic carbocycles. The van der Waals surface area contributed by atoms with Crippen molar-refractivity contribution in [3.8, 4) is 0 Å². The number of hydrogen-bond acceptors (Lipinski definition) is 2. The highest BCUT2D eigenvalue weighted by Gasteiger charge is 2.32. The quantitative estimate of drug-likeness (QED) is 0.570. The van der Waals surface area contributed by atoms with Crippen molar-refractivity contribution in [1.29, 1.82) is 0 Å². The fraction of sp³-hybridized carbons (Fsp3) is 0. The Kier molecular flexibility index (Phi) is 1.74. The van der Waals surface area contributed by atoms with Crippen LogP contribution in [0.25, 0.3) is 0 Å². The Labute approximate surface area is 65.2 Å². The summed E-state index contributed by atoms with van der Waals surface area (Å²) in [7, 11) is -2.28. The van der Waals surface area contributed by atoms with Crippen molar-refractivity contribution < 1.29 is 9.59 Å². The average Bonchev–Trinajstić information content (AvgIpc) is 2.34. The molecule has 0 bridgehead atoms. The van der Waals surface area contributed by atoms with E-state index in [4.69, 9.17) is 11.5 Å². The van der Waals surface area contributed by atoms with Crippen LogP contribution in [-0.4, -0.2) is 10.5 Å². The molecule has 0 radical (unpaired) electrons. The van der Waals surface area contributed by atoms with Gasteiger partial charge in [-0.1, -0.05) is 12.2 Å². The van der Waals surface area contributed by atoms with E-state index in [1.54, 1.807) is 12.2 Å². The van der Waals surface area contributed by atoms with Crippen molar-refractivity contribution in [2.45, 2.75) is 0 Å². The molecule has 0 saturated carbocycles. The minimum atomic E-state index is -2.28. The van der Waals surface area contributed by atoms with Gasteiger partial charge in [0.15, 0.2) is 0 Å². The van der Waals surface area contributed by atoms with Crippen LogP contribution in [0.3, 0.4) is 0 Å². The first kappa shape index (κ1) is 7.87. The molecule has 0 aromatic rings. The van der Waals surface area contributed by atoms with E-state index in [2.05, 4.69) is 0 Å². The van der Waals surface area contributed by atoms with E-state index >= 15 is 0 Å². The molecule has 1 heterocycles. The lowest BCUT2D eigenvalue weighted by molar-refractivity contribution is 0.263. The number of allylic oxidation sites excluding steroid dienone is 2. The van der Waals surface area contributed by atoms with Crippen LogP contribution in [0.5, 0.6) is 0 Å². The van der Waals surface area contributed by atoms with Crippen molar-refractivity contribution >= 4 is 20.5 Å². The molecule has 0 unspecified atom stereocenters. The summed E-state index contributed by atoms with van der Waals surface area (Å²) in [6.07, 6.45) is 3.20. The van der Waals surface area contributed by atoms with Gasteiger partial charge in [-0.3, -0.25) is 9.59 Å². The first-order valence-corrected chi connectivity index (χ1v) is 4.62. The van der Waals surface area contributed by atoms with Crippen LogP contribution in [0.4, 0.5) is 9.59 Å². The van der Waals surface area contributed by atoms with Gasteiger partial charge < -0.3 is 11.5 Å². The van der Waals surface area contributed by atoms with Crippen LogP contribution >= 0.6 is 10.0 Å². The Morgan fingerprint density at radius 2 is 1.36 bits per heavy atom. The Hall–Kier alpha value is -1.23. The van der Waals surface area contributed by atoms with E-state index in [1.807, 2.05) is 0 Å². The average molecular weight is 172 g/mol. The second kappa shape index (κ2) is 2.43. The maximum absolute atomic E-state index is 10.8. The van der Waals surface area contributed by atoms with E-state index in [0.29, 0.717) is 0 Å². The summed E-state index contributed by atoms with van der Waals surface area (Å²) in [6.45, 7) is 0. The van der Waals surface area contributed by atoms with Crippen LogP contribution in [0.15, 0.2) is 23.0 Å². The van der Waals surface area contributed by atoms with Gasteiger partial charge in [0.1, 0.15) is 0 Å². The molecule has 4 nitrogen and oxygen atoms in total. The van der Waals surface area contributed by atoms with Crippen LogP contribution in [0, 0.1) is 0 Å². The van der Waals surface area contributed by atoms with E-state index in [1.165, 1.54) is 10.8 Å². The molecule has 1 rings (SSSR count). The molecular formula is C6H8N2O2S. The van der Waals surface area contributed by atoms with Crippen LogP contribution < -0.4 is 11.5 Å². The lowest BCUT2D eigenvalue weighted by Gasteiger charge is -2.21. The third kappa shape index (κ3) is 1.03. The zero-order valence-corrected chi connectivity index (χ0v) is 6.51. The minimum Gasteiger partial charge on any atom is -0.361 e. The van der Waals surface area contributed by atoms with Crippen LogP contribution in [-0.2, 0) is 0 Å². The molecule has 60 valence electrons. The molecule has 0 fully saturated rings. The Balaban J connectivity index is 3.09. The molecule has 0 spiro atoms. The topological polar surface area (TPSA) is 86.2 Å². The predicted octanol–water partition coefficient (Wildman–Crippen LogP) is 0.989. The largest absolute Gasteiger partial charge is 0.361 e. The van der Waals surface area contributed by atoms with E-state index < -0.39 is 20.5 Å². The zero-order valence-electron chi connectivity index (χ0n) is 5.69. The first-order chi connectivity index (χ1) is 5.09. The Morgan fingerprint density at radius 3 is 1.55 bits per heavy atom. The Morgan fingerprint density at radius 1 is 1.00 bits per heavy atom. The number of hydrogen-bond donors (Lipinski definition) is 2. The van der Waals surface area contributed by atoms with Crippen molar-refractivity contribution in [2.75, 3.05) is 0 Å². The maximum atomic E-state index is 10.8. The first-order valence-electron chi connectivity index (χ1n) is 2.87. The molecule has 5 heteroatoms. The molecule has 11 heavy (non-hydrogen) atoms. The predicted molar refractivity (Wildman–Crippen MR) is 45.0 cm³/mol. The summed E-state index contributed by atoms with van der Waals surface area (Å²) in [6, 6.07) is 0. The third-order valence-electron chi connectivity index (χ3n) is 1.36. The summed E-state index contributed by atoms with van der Waals surface area (Å²) >= 11 is 0. The van der Waals surface area contributed by atoms with Gasteiger partial charge in [-0.2, -0.15) is 0 Å². The number of nitrogens with two attached hydrogens (primary N) is 2. The lowest BCUT2D eigenvalue weighted by atomic mass is 10.6. The van der Waals surface area contributed by atoms with Gasteiger partial charge in [-0.15, -0.1) is 0 Å². The summed E-state index contributed by atoms with van der Waals surface area (Å²) in [4.78, 5) is 21.6. The normalized spacial score (nSPS) is 21.5. The highest BCUT2D eigenvalue weighted by Crippen LogP contribution is 2.53. The van der Waals surface area contributed by atoms with Gasteiger partial charge in [0.2, 0.25) is 0 Å². The molecule has 1 aliphatic heterocycles. The molecule has 0 aliphatic carbocycles. The van der Waals surface area contributed by atoms with Gasteiger partial charge in [-0.25, -0.2) is 0 Å². The molecule has 0 saturated heterocycles. The number of primary amides is 2. The maximum Gasteiger partial charge on any atom is 0.274 e. The number of carbonyl (C=O) groups is 2. The number of carbonyl (C=O) groups excluding carboxylic acids is 2. The third-order valence-corrected chi connectivity index (χ3v) is 3.87. The highest BCUT2D eigenvalue weighted by atomic mass is 32.3. The highest BCUT2D eigenvalue weighted by molar-refractivity contribution is 8.59.